The van der Waals surface area contributed by atoms with Crippen molar-refractivity contribution in [3.05, 3.63) is 60.2 Å². The Morgan fingerprint density at radius 2 is 1.84 bits per heavy atom. The van der Waals surface area contributed by atoms with Crippen molar-refractivity contribution in [3.63, 3.8) is 0 Å². The largest absolute Gasteiger partial charge is 0.491 e. The number of carbonyl (C=O) groups is 3. The van der Waals surface area contributed by atoms with Gasteiger partial charge in [0.2, 0.25) is 5.91 Å². The summed E-state index contributed by atoms with van der Waals surface area (Å²) in [5, 5.41) is 2.86. The summed E-state index contributed by atoms with van der Waals surface area (Å²) in [6, 6.07) is 17.0. The molecule has 0 aliphatic carbocycles. The van der Waals surface area contributed by atoms with Gasteiger partial charge < -0.3 is 14.8 Å². The second-order valence-corrected chi connectivity index (χ2v) is 7.44. The maximum Gasteiger partial charge on any atom is 0.326 e. The Morgan fingerprint density at radius 1 is 1.13 bits per heavy atom. The molecule has 3 rings (SSSR count). The molecule has 164 valence electrons. The number of carbonyl (C=O) groups excluding carboxylic acids is 3. The van der Waals surface area contributed by atoms with Crippen LogP contribution in [-0.2, 0) is 19.1 Å². The minimum Gasteiger partial charge on any atom is -0.491 e. The molecule has 7 heteroatoms. The summed E-state index contributed by atoms with van der Waals surface area (Å²) in [6.07, 6.45) is 0.0711. The van der Waals surface area contributed by atoms with Gasteiger partial charge in [0.25, 0.3) is 5.91 Å². The van der Waals surface area contributed by atoms with Crippen molar-refractivity contribution < 1.29 is 23.9 Å². The maximum absolute atomic E-state index is 12.5. The highest BCUT2D eigenvalue weighted by Crippen LogP contribution is 2.30. The number of nitrogens with one attached hydrogen (secondary N) is 1. The van der Waals surface area contributed by atoms with Gasteiger partial charge in [-0.05, 0) is 31.0 Å². The zero-order chi connectivity index (χ0) is 22.2. The number of ether oxygens (including phenoxy) is 2. The van der Waals surface area contributed by atoms with E-state index >= 15 is 0 Å². The number of hydrogen-bond donors (Lipinski definition) is 1. The third-order valence-electron chi connectivity index (χ3n) is 5.28. The van der Waals surface area contributed by atoms with Gasteiger partial charge in [-0.2, -0.15) is 0 Å². The summed E-state index contributed by atoms with van der Waals surface area (Å²) < 4.78 is 10.9. The SMILES string of the molecule is CC[C@H](CNC(=O)[C@@H](C)OC(=O)CN1C(=O)CCOc2ccccc21)c1ccccc1. The molecule has 0 radical (unpaired) electrons. The number of rotatable bonds is 8. The third kappa shape index (κ3) is 5.84. The first-order valence-corrected chi connectivity index (χ1v) is 10.5. The number of benzene rings is 2. The predicted molar refractivity (Wildman–Crippen MR) is 117 cm³/mol. The second kappa shape index (κ2) is 10.6. The zero-order valence-corrected chi connectivity index (χ0v) is 17.9. The lowest BCUT2D eigenvalue weighted by atomic mass is 9.96. The van der Waals surface area contributed by atoms with E-state index in [0.717, 1.165) is 12.0 Å². The fourth-order valence-corrected chi connectivity index (χ4v) is 3.50. The van der Waals surface area contributed by atoms with Gasteiger partial charge in [-0.15, -0.1) is 0 Å². The third-order valence-corrected chi connectivity index (χ3v) is 5.28. The molecule has 2 aromatic rings. The molecule has 0 bridgehead atoms. The average molecular weight is 424 g/mol. The molecule has 2 atom stereocenters. The molecule has 0 aromatic heterocycles. The standard InChI is InChI=1S/C24H28N2O5/c1-3-18(19-9-5-4-6-10-19)15-25-24(29)17(2)31-23(28)16-26-20-11-7-8-12-21(20)30-14-13-22(26)27/h4-12,17-18H,3,13-16H2,1-2H3,(H,25,29)/t17-,18-/m1/s1. The van der Waals surface area contributed by atoms with Crippen LogP contribution in [0.5, 0.6) is 5.75 Å². The Kier molecular flexibility index (Phi) is 7.65. The molecule has 1 aliphatic heterocycles. The van der Waals surface area contributed by atoms with Gasteiger partial charge in [0.15, 0.2) is 6.10 Å². The van der Waals surface area contributed by atoms with E-state index in [-0.39, 0.29) is 37.3 Å². The van der Waals surface area contributed by atoms with Crippen molar-refractivity contribution in [2.75, 3.05) is 24.6 Å². The van der Waals surface area contributed by atoms with Gasteiger partial charge in [0.1, 0.15) is 12.3 Å². The summed E-state index contributed by atoms with van der Waals surface area (Å²) in [6.45, 7) is 4.01. The Bertz CT molecular complexity index is 915. The van der Waals surface area contributed by atoms with E-state index < -0.39 is 12.1 Å². The quantitative estimate of drug-likeness (QED) is 0.659. The number of nitrogens with zero attached hydrogens (tertiary/aromatic N) is 1. The van der Waals surface area contributed by atoms with E-state index in [4.69, 9.17) is 9.47 Å². The normalized spacial score (nSPS) is 15.2. The van der Waals surface area contributed by atoms with Gasteiger partial charge in [0.05, 0.1) is 18.7 Å². The summed E-state index contributed by atoms with van der Waals surface area (Å²) in [5.41, 5.74) is 1.67. The van der Waals surface area contributed by atoms with Crippen LogP contribution in [0, 0.1) is 0 Å². The van der Waals surface area contributed by atoms with Crippen LogP contribution >= 0.6 is 0 Å². The number of anilines is 1. The molecule has 0 saturated carbocycles. The second-order valence-electron chi connectivity index (χ2n) is 7.44. The summed E-state index contributed by atoms with van der Waals surface area (Å²) >= 11 is 0. The first-order chi connectivity index (χ1) is 15.0. The van der Waals surface area contributed by atoms with Gasteiger partial charge in [-0.25, -0.2) is 0 Å². The molecule has 0 spiro atoms. The summed E-state index contributed by atoms with van der Waals surface area (Å²) in [5.74, 6) is -0.526. The smallest absolute Gasteiger partial charge is 0.326 e. The first-order valence-electron chi connectivity index (χ1n) is 10.5. The molecule has 0 unspecified atom stereocenters. The number of hydrogen-bond acceptors (Lipinski definition) is 5. The Morgan fingerprint density at radius 3 is 2.58 bits per heavy atom. The Hall–Kier alpha value is -3.35. The van der Waals surface area contributed by atoms with Crippen molar-refractivity contribution in [2.24, 2.45) is 0 Å². The van der Waals surface area contributed by atoms with Crippen LogP contribution in [-0.4, -0.2) is 43.6 Å². The van der Waals surface area contributed by atoms with Crippen molar-refractivity contribution in [2.45, 2.75) is 38.7 Å². The van der Waals surface area contributed by atoms with Gasteiger partial charge in [-0.3, -0.25) is 19.3 Å². The molecule has 2 amide bonds. The monoisotopic (exact) mass is 424 g/mol. The van der Waals surface area contributed by atoms with Crippen molar-refractivity contribution in [1.29, 1.82) is 0 Å². The molecule has 31 heavy (non-hydrogen) atoms. The average Bonchev–Trinajstić information content (AvgIpc) is 2.93. The molecule has 7 nitrogen and oxygen atoms in total. The van der Waals surface area contributed by atoms with E-state index in [1.54, 1.807) is 24.3 Å². The minimum atomic E-state index is -0.964. The molecular weight excluding hydrogens is 396 g/mol. The van der Waals surface area contributed by atoms with Crippen LogP contribution in [0.25, 0.3) is 0 Å². The lowest BCUT2D eigenvalue weighted by Gasteiger charge is -2.22. The Balaban J connectivity index is 1.55. The molecule has 1 heterocycles. The highest BCUT2D eigenvalue weighted by atomic mass is 16.5. The van der Waals surface area contributed by atoms with E-state index in [1.807, 2.05) is 30.3 Å². The highest BCUT2D eigenvalue weighted by molar-refractivity contribution is 5.99. The van der Waals surface area contributed by atoms with E-state index in [1.165, 1.54) is 11.8 Å². The molecule has 1 aliphatic rings. The van der Waals surface area contributed by atoms with E-state index in [2.05, 4.69) is 12.2 Å². The fourth-order valence-electron chi connectivity index (χ4n) is 3.50. The van der Waals surface area contributed by atoms with Crippen molar-refractivity contribution in [3.8, 4) is 5.75 Å². The van der Waals surface area contributed by atoms with Crippen LogP contribution in [0.4, 0.5) is 5.69 Å². The minimum absolute atomic E-state index is 0.163. The van der Waals surface area contributed by atoms with Crippen molar-refractivity contribution >= 4 is 23.5 Å². The van der Waals surface area contributed by atoms with Crippen LogP contribution in [0.3, 0.4) is 0 Å². The van der Waals surface area contributed by atoms with E-state index in [9.17, 15) is 14.4 Å². The molecular formula is C24H28N2O5. The first kappa shape index (κ1) is 22.3. The summed E-state index contributed by atoms with van der Waals surface area (Å²) in [7, 11) is 0. The highest BCUT2D eigenvalue weighted by Gasteiger charge is 2.27. The van der Waals surface area contributed by atoms with Crippen LogP contribution in [0.15, 0.2) is 54.6 Å². The van der Waals surface area contributed by atoms with Gasteiger partial charge in [0, 0.05) is 12.5 Å². The fraction of sp³-hybridized carbons (Fsp3) is 0.375. The van der Waals surface area contributed by atoms with Crippen molar-refractivity contribution in [1.82, 2.24) is 5.32 Å². The molecule has 1 N–H and O–H groups in total. The lowest BCUT2D eigenvalue weighted by molar-refractivity contribution is -0.153. The zero-order valence-electron chi connectivity index (χ0n) is 17.9. The number of esters is 1. The van der Waals surface area contributed by atoms with Crippen LogP contribution in [0.2, 0.25) is 0 Å². The number of fused-ring (bicyclic) bond motifs is 1. The number of amides is 2. The Labute approximate surface area is 182 Å². The molecule has 2 aromatic carbocycles. The van der Waals surface area contributed by atoms with Crippen LogP contribution in [0.1, 0.15) is 38.2 Å². The van der Waals surface area contributed by atoms with Crippen LogP contribution < -0.4 is 15.0 Å². The topological polar surface area (TPSA) is 84.9 Å². The number of para-hydroxylation sites is 2. The lowest BCUT2D eigenvalue weighted by Crippen LogP contribution is -2.41. The molecule has 0 fully saturated rings. The van der Waals surface area contributed by atoms with Gasteiger partial charge in [-0.1, -0.05) is 49.4 Å². The summed E-state index contributed by atoms with van der Waals surface area (Å²) in [4.78, 5) is 38.7. The maximum atomic E-state index is 12.5. The predicted octanol–water partition coefficient (Wildman–Crippen LogP) is 3.04. The molecule has 0 saturated heterocycles. The van der Waals surface area contributed by atoms with E-state index in [0.29, 0.717) is 18.0 Å². The van der Waals surface area contributed by atoms with Gasteiger partial charge >= 0.3 is 5.97 Å².